The molecule has 3 nitrogen and oxygen atoms in total. The number of nitrogens with zero attached hydrogens (tertiary/aromatic N) is 3. The second kappa shape index (κ2) is 4.03. The number of fused-ring (bicyclic) bond motifs is 1. The van der Waals surface area contributed by atoms with Gasteiger partial charge < -0.3 is 0 Å². The molecule has 2 rings (SSSR count). The Morgan fingerprint density at radius 1 is 1.08 bits per heavy atom. The Labute approximate surface area is 78.4 Å². The highest BCUT2D eigenvalue weighted by molar-refractivity contribution is 5.74. The molecular formula is C10H15N3. The van der Waals surface area contributed by atoms with Gasteiger partial charge in [0.05, 0.1) is 0 Å². The van der Waals surface area contributed by atoms with Gasteiger partial charge in [-0.3, -0.25) is 0 Å². The molecule has 0 spiro atoms. The zero-order chi connectivity index (χ0) is 9.84. The number of benzene rings is 1. The van der Waals surface area contributed by atoms with Crippen LogP contribution in [0.15, 0.2) is 18.2 Å². The van der Waals surface area contributed by atoms with Crippen LogP contribution in [0.25, 0.3) is 11.0 Å². The van der Waals surface area contributed by atoms with Crippen molar-refractivity contribution in [1.29, 1.82) is 0 Å². The SMILES string of the molecule is CC.Cc1ccc2nn(C)nc2c1. The van der Waals surface area contributed by atoms with Gasteiger partial charge in [0, 0.05) is 7.05 Å². The normalized spacial score (nSPS) is 9.54. The topological polar surface area (TPSA) is 30.7 Å². The van der Waals surface area contributed by atoms with Gasteiger partial charge in [-0.05, 0) is 24.6 Å². The van der Waals surface area contributed by atoms with Gasteiger partial charge in [-0.25, -0.2) is 0 Å². The van der Waals surface area contributed by atoms with Gasteiger partial charge >= 0.3 is 0 Å². The van der Waals surface area contributed by atoms with Crippen LogP contribution in [-0.4, -0.2) is 15.0 Å². The van der Waals surface area contributed by atoms with Crippen LogP contribution in [0.3, 0.4) is 0 Å². The highest BCUT2D eigenvalue weighted by Gasteiger charge is 1.97. The summed E-state index contributed by atoms with van der Waals surface area (Å²) in [4.78, 5) is 1.59. The first kappa shape index (κ1) is 9.71. The monoisotopic (exact) mass is 177 g/mol. The maximum absolute atomic E-state index is 4.18. The number of aryl methyl sites for hydroxylation is 2. The summed E-state index contributed by atoms with van der Waals surface area (Å²) in [7, 11) is 1.83. The van der Waals surface area contributed by atoms with Crippen LogP contribution in [0.1, 0.15) is 19.4 Å². The number of aromatic nitrogens is 3. The van der Waals surface area contributed by atoms with Crippen molar-refractivity contribution in [1.82, 2.24) is 15.0 Å². The first-order valence-electron chi connectivity index (χ1n) is 4.53. The van der Waals surface area contributed by atoms with Crippen LogP contribution in [-0.2, 0) is 7.05 Å². The van der Waals surface area contributed by atoms with Gasteiger partial charge in [0.25, 0.3) is 0 Å². The van der Waals surface area contributed by atoms with Crippen LogP contribution < -0.4 is 0 Å². The summed E-state index contributed by atoms with van der Waals surface area (Å²) in [6, 6.07) is 6.05. The Hall–Kier alpha value is -1.38. The summed E-state index contributed by atoms with van der Waals surface area (Å²) in [6.07, 6.45) is 0. The van der Waals surface area contributed by atoms with E-state index in [1.54, 1.807) is 4.80 Å². The molecule has 0 radical (unpaired) electrons. The van der Waals surface area contributed by atoms with Crippen molar-refractivity contribution in [3.63, 3.8) is 0 Å². The summed E-state index contributed by atoms with van der Waals surface area (Å²) in [6.45, 7) is 6.05. The van der Waals surface area contributed by atoms with Crippen LogP contribution in [0, 0.1) is 6.92 Å². The van der Waals surface area contributed by atoms with Crippen molar-refractivity contribution in [2.45, 2.75) is 20.8 Å². The fourth-order valence-corrected chi connectivity index (χ4v) is 1.13. The molecule has 0 saturated carbocycles. The zero-order valence-electron chi connectivity index (χ0n) is 8.57. The average molecular weight is 177 g/mol. The molecular weight excluding hydrogens is 162 g/mol. The molecule has 0 aliphatic carbocycles. The molecule has 0 fully saturated rings. The fourth-order valence-electron chi connectivity index (χ4n) is 1.13. The Morgan fingerprint density at radius 2 is 1.69 bits per heavy atom. The Morgan fingerprint density at radius 3 is 2.38 bits per heavy atom. The van der Waals surface area contributed by atoms with Crippen molar-refractivity contribution in [2.24, 2.45) is 7.05 Å². The van der Waals surface area contributed by atoms with Gasteiger partial charge in [0.2, 0.25) is 0 Å². The largest absolute Gasteiger partial charge is 0.187 e. The molecule has 0 atom stereocenters. The highest BCUT2D eigenvalue weighted by Crippen LogP contribution is 2.09. The number of hydrogen-bond donors (Lipinski definition) is 0. The zero-order valence-corrected chi connectivity index (χ0v) is 8.57. The van der Waals surface area contributed by atoms with Crippen molar-refractivity contribution < 1.29 is 0 Å². The van der Waals surface area contributed by atoms with E-state index in [0.717, 1.165) is 11.0 Å². The van der Waals surface area contributed by atoms with E-state index in [1.807, 2.05) is 46.0 Å². The molecule has 1 aromatic carbocycles. The standard InChI is InChI=1S/C8H9N3.C2H6/c1-6-3-4-7-8(5-6)10-11(2)9-7;1-2/h3-5H,1-2H3;1-2H3. The Bertz CT molecular complexity index is 390. The Kier molecular flexibility index (Phi) is 3.01. The van der Waals surface area contributed by atoms with Crippen LogP contribution >= 0.6 is 0 Å². The molecule has 0 bridgehead atoms. The molecule has 0 saturated heterocycles. The minimum Gasteiger partial charge on any atom is -0.187 e. The second-order valence-corrected chi connectivity index (χ2v) is 2.68. The summed E-state index contributed by atoms with van der Waals surface area (Å²) in [5.41, 5.74) is 3.14. The molecule has 2 aromatic rings. The molecule has 0 aliphatic rings. The highest BCUT2D eigenvalue weighted by atomic mass is 15.4. The smallest absolute Gasteiger partial charge is 0.113 e. The lowest BCUT2D eigenvalue weighted by atomic mass is 10.2. The van der Waals surface area contributed by atoms with Crippen molar-refractivity contribution in [3.8, 4) is 0 Å². The maximum Gasteiger partial charge on any atom is 0.113 e. The molecule has 3 heteroatoms. The van der Waals surface area contributed by atoms with Gasteiger partial charge in [0.15, 0.2) is 0 Å². The van der Waals surface area contributed by atoms with E-state index < -0.39 is 0 Å². The first-order chi connectivity index (χ1) is 6.25. The number of rotatable bonds is 0. The fraction of sp³-hybridized carbons (Fsp3) is 0.400. The van der Waals surface area contributed by atoms with Gasteiger partial charge in [-0.2, -0.15) is 15.0 Å². The molecule has 13 heavy (non-hydrogen) atoms. The summed E-state index contributed by atoms with van der Waals surface area (Å²) < 4.78 is 0. The van der Waals surface area contributed by atoms with Gasteiger partial charge in [0.1, 0.15) is 11.0 Å². The third-order valence-corrected chi connectivity index (χ3v) is 1.64. The summed E-state index contributed by atoms with van der Waals surface area (Å²) in [5, 5.41) is 8.34. The molecule has 1 aromatic heterocycles. The molecule has 0 aliphatic heterocycles. The predicted molar refractivity (Wildman–Crippen MR) is 54.6 cm³/mol. The van der Waals surface area contributed by atoms with E-state index in [2.05, 4.69) is 10.2 Å². The minimum absolute atomic E-state index is 0.957. The quantitative estimate of drug-likeness (QED) is 0.618. The maximum atomic E-state index is 4.18. The first-order valence-corrected chi connectivity index (χ1v) is 4.53. The lowest BCUT2D eigenvalue weighted by molar-refractivity contribution is 0.665. The minimum atomic E-state index is 0.957. The lowest BCUT2D eigenvalue weighted by Gasteiger charge is -1.86. The third-order valence-electron chi connectivity index (χ3n) is 1.64. The average Bonchev–Trinajstić information content (AvgIpc) is 2.48. The van der Waals surface area contributed by atoms with E-state index in [0.29, 0.717) is 0 Å². The molecule has 0 amide bonds. The second-order valence-electron chi connectivity index (χ2n) is 2.68. The lowest BCUT2D eigenvalue weighted by Crippen LogP contribution is -1.90. The molecule has 1 heterocycles. The van der Waals surface area contributed by atoms with E-state index in [4.69, 9.17) is 0 Å². The molecule has 0 N–H and O–H groups in total. The molecule has 0 unspecified atom stereocenters. The van der Waals surface area contributed by atoms with Crippen LogP contribution in [0.2, 0.25) is 0 Å². The third kappa shape index (κ3) is 2.05. The van der Waals surface area contributed by atoms with E-state index in [9.17, 15) is 0 Å². The summed E-state index contributed by atoms with van der Waals surface area (Å²) in [5.74, 6) is 0. The van der Waals surface area contributed by atoms with Crippen molar-refractivity contribution >= 4 is 11.0 Å². The summed E-state index contributed by atoms with van der Waals surface area (Å²) >= 11 is 0. The van der Waals surface area contributed by atoms with E-state index in [-0.39, 0.29) is 0 Å². The Balaban J connectivity index is 0.000000396. The molecule has 70 valence electrons. The van der Waals surface area contributed by atoms with Gasteiger partial charge in [-0.15, -0.1) is 0 Å². The predicted octanol–water partition coefficient (Wildman–Crippen LogP) is 2.30. The van der Waals surface area contributed by atoms with Crippen LogP contribution in [0.4, 0.5) is 0 Å². The van der Waals surface area contributed by atoms with Crippen LogP contribution in [0.5, 0.6) is 0 Å². The van der Waals surface area contributed by atoms with Crippen molar-refractivity contribution in [2.75, 3.05) is 0 Å². The number of hydrogen-bond acceptors (Lipinski definition) is 2. The van der Waals surface area contributed by atoms with E-state index >= 15 is 0 Å². The van der Waals surface area contributed by atoms with E-state index in [1.165, 1.54) is 5.56 Å². The van der Waals surface area contributed by atoms with Crippen molar-refractivity contribution in [3.05, 3.63) is 23.8 Å². The van der Waals surface area contributed by atoms with Gasteiger partial charge in [-0.1, -0.05) is 19.9 Å².